The Morgan fingerprint density at radius 2 is 2.05 bits per heavy atom. The number of carbonyl (C=O) groups excluding carboxylic acids is 1. The summed E-state index contributed by atoms with van der Waals surface area (Å²) in [5.41, 5.74) is 8.08. The zero-order chi connectivity index (χ0) is 14.6. The molecule has 0 heterocycles. The summed E-state index contributed by atoms with van der Waals surface area (Å²) in [6, 6.07) is 5.67. The molecule has 0 spiro atoms. The molecule has 1 aromatic carbocycles. The van der Waals surface area contributed by atoms with E-state index in [9.17, 15) is 4.79 Å². The molecular formula is C15H23BrN2O. The van der Waals surface area contributed by atoms with E-state index in [0.29, 0.717) is 6.42 Å². The molecule has 0 aliphatic carbocycles. The van der Waals surface area contributed by atoms with Crippen molar-refractivity contribution in [1.29, 1.82) is 0 Å². The molecular weight excluding hydrogens is 304 g/mol. The van der Waals surface area contributed by atoms with Gasteiger partial charge in [0.05, 0.1) is 0 Å². The van der Waals surface area contributed by atoms with E-state index in [1.807, 2.05) is 25.1 Å². The van der Waals surface area contributed by atoms with E-state index in [0.717, 1.165) is 22.1 Å². The lowest BCUT2D eigenvalue weighted by Crippen LogP contribution is -2.31. The minimum Gasteiger partial charge on any atom is -0.327 e. The quantitative estimate of drug-likeness (QED) is 0.882. The van der Waals surface area contributed by atoms with Gasteiger partial charge in [-0.1, -0.05) is 42.8 Å². The Hall–Kier alpha value is -0.870. The molecule has 0 saturated heterocycles. The first-order valence-electron chi connectivity index (χ1n) is 6.49. The lowest BCUT2D eigenvalue weighted by Gasteiger charge is -2.22. The Morgan fingerprint density at radius 3 is 2.58 bits per heavy atom. The van der Waals surface area contributed by atoms with Crippen LogP contribution < -0.4 is 11.1 Å². The summed E-state index contributed by atoms with van der Waals surface area (Å²) in [7, 11) is 0. The largest absolute Gasteiger partial charge is 0.327 e. The SMILES string of the molecule is Cc1ccc(NC(=O)CC(N)CC(C)(C)C)cc1Br. The number of anilines is 1. The average molecular weight is 327 g/mol. The van der Waals surface area contributed by atoms with Crippen LogP contribution in [0.3, 0.4) is 0 Å². The third-order valence-electron chi connectivity index (χ3n) is 2.78. The van der Waals surface area contributed by atoms with E-state index in [1.165, 1.54) is 0 Å². The zero-order valence-electron chi connectivity index (χ0n) is 12.1. The summed E-state index contributed by atoms with van der Waals surface area (Å²) in [4.78, 5) is 11.9. The highest BCUT2D eigenvalue weighted by Gasteiger charge is 2.18. The van der Waals surface area contributed by atoms with Gasteiger partial charge in [0.15, 0.2) is 0 Å². The van der Waals surface area contributed by atoms with Gasteiger partial charge < -0.3 is 11.1 Å². The molecule has 1 amide bonds. The van der Waals surface area contributed by atoms with Crippen LogP contribution in [-0.4, -0.2) is 11.9 Å². The molecule has 0 aliphatic heterocycles. The molecule has 1 rings (SSSR count). The summed E-state index contributed by atoms with van der Waals surface area (Å²) < 4.78 is 0.990. The van der Waals surface area contributed by atoms with Gasteiger partial charge in [-0.2, -0.15) is 0 Å². The summed E-state index contributed by atoms with van der Waals surface area (Å²) in [6.07, 6.45) is 1.18. The van der Waals surface area contributed by atoms with Gasteiger partial charge in [0, 0.05) is 22.6 Å². The van der Waals surface area contributed by atoms with Crippen molar-refractivity contribution in [1.82, 2.24) is 0 Å². The second-order valence-corrected chi connectivity index (χ2v) is 7.10. The first-order valence-corrected chi connectivity index (χ1v) is 7.28. The summed E-state index contributed by atoms with van der Waals surface area (Å²) in [5.74, 6) is -0.0347. The molecule has 19 heavy (non-hydrogen) atoms. The maximum absolute atomic E-state index is 11.9. The Morgan fingerprint density at radius 1 is 1.42 bits per heavy atom. The lowest BCUT2D eigenvalue weighted by atomic mass is 9.87. The molecule has 106 valence electrons. The Kier molecular flexibility index (Phi) is 5.56. The highest BCUT2D eigenvalue weighted by molar-refractivity contribution is 9.10. The number of nitrogens with two attached hydrogens (primary N) is 1. The number of carbonyl (C=O) groups is 1. The molecule has 1 aromatic rings. The normalized spacial score (nSPS) is 13.2. The van der Waals surface area contributed by atoms with Crippen LogP contribution in [0, 0.1) is 12.3 Å². The van der Waals surface area contributed by atoms with Crippen LogP contribution in [0.15, 0.2) is 22.7 Å². The Labute approximate surface area is 124 Å². The smallest absolute Gasteiger partial charge is 0.225 e. The fourth-order valence-electron chi connectivity index (χ4n) is 1.98. The number of amides is 1. The third kappa shape index (κ3) is 6.21. The Balaban J connectivity index is 2.53. The number of benzene rings is 1. The number of nitrogens with one attached hydrogen (secondary N) is 1. The molecule has 3 nitrogen and oxygen atoms in total. The van der Waals surface area contributed by atoms with Crippen LogP contribution in [0.1, 0.15) is 39.2 Å². The van der Waals surface area contributed by atoms with Gasteiger partial charge in [0.1, 0.15) is 0 Å². The van der Waals surface area contributed by atoms with Gasteiger partial charge in [0.2, 0.25) is 5.91 Å². The van der Waals surface area contributed by atoms with E-state index in [1.54, 1.807) is 0 Å². The van der Waals surface area contributed by atoms with Crippen LogP contribution >= 0.6 is 15.9 Å². The number of rotatable bonds is 4. The van der Waals surface area contributed by atoms with Crippen LogP contribution in [0.5, 0.6) is 0 Å². The van der Waals surface area contributed by atoms with Crippen LogP contribution in [-0.2, 0) is 4.79 Å². The lowest BCUT2D eigenvalue weighted by molar-refractivity contribution is -0.116. The predicted molar refractivity (Wildman–Crippen MR) is 84.2 cm³/mol. The third-order valence-corrected chi connectivity index (χ3v) is 3.63. The molecule has 0 saturated carbocycles. The van der Waals surface area contributed by atoms with Crippen LogP contribution in [0.2, 0.25) is 0 Å². The zero-order valence-corrected chi connectivity index (χ0v) is 13.7. The maximum atomic E-state index is 11.9. The summed E-state index contributed by atoms with van der Waals surface area (Å²) in [6.45, 7) is 8.39. The van der Waals surface area contributed by atoms with Gasteiger partial charge in [-0.05, 0) is 36.5 Å². The van der Waals surface area contributed by atoms with Crippen molar-refractivity contribution >= 4 is 27.5 Å². The standard InChI is InChI=1S/C15H23BrN2O/c1-10-5-6-12(8-13(10)16)18-14(19)7-11(17)9-15(2,3)4/h5-6,8,11H,7,9,17H2,1-4H3,(H,18,19). The number of hydrogen-bond donors (Lipinski definition) is 2. The average Bonchev–Trinajstić information content (AvgIpc) is 2.20. The van der Waals surface area contributed by atoms with Gasteiger partial charge in [-0.25, -0.2) is 0 Å². The maximum Gasteiger partial charge on any atom is 0.225 e. The molecule has 0 aromatic heterocycles. The first-order chi connectivity index (χ1) is 8.67. The van der Waals surface area contributed by atoms with Crippen LogP contribution in [0.4, 0.5) is 5.69 Å². The van der Waals surface area contributed by atoms with Crippen molar-refractivity contribution in [3.8, 4) is 0 Å². The Bertz CT molecular complexity index is 452. The second-order valence-electron chi connectivity index (χ2n) is 6.24. The van der Waals surface area contributed by atoms with Gasteiger partial charge in [0.25, 0.3) is 0 Å². The van der Waals surface area contributed by atoms with E-state index >= 15 is 0 Å². The van der Waals surface area contributed by atoms with Crippen LogP contribution in [0.25, 0.3) is 0 Å². The minimum absolute atomic E-state index is 0.0347. The summed E-state index contributed by atoms with van der Waals surface area (Å²) >= 11 is 3.45. The first kappa shape index (κ1) is 16.2. The fraction of sp³-hybridized carbons (Fsp3) is 0.533. The van der Waals surface area contributed by atoms with E-state index in [2.05, 4.69) is 42.0 Å². The number of aryl methyl sites for hydroxylation is 1. The molecule has 0 fully saturated rings. The monoisotopic (exact) mass is 326 g/mol. The van der Waals surface area contributed by atoms with Crippen molar-refractivity contribution in [2.24, 2.45) is 11.1 Å². The van der Waals surface area contributed by atoms with Gasteiger partial charge >= 0.3 is 0 Å². The molecule has 0 aliphatic rings. The molecule has 4 heteroatoms. The molecule has 1 unspecified atom stereocenters. The molecule has 1 atom stereocenters. The number of halogens is 1. The molecule has 0 radical (unpaired) electrons. The van der Waals surface area contributed by atoms with Gasteiger partial charge in [-0.3, -0.25) is 4.79 Å². The molecule has 0 bridgehead atoms. The summed E-state index contributed by atoms with van der Waals surface area (Å²) in [5, 5.41) is 2.88. The van der Waals surface area contributed by atoms with Crippen molar-refractivity contribution in [3.63, 3.8) is 0 Å². The van der Waals surface area contributed by atoms with E-state index < -0.39 is 0 Å². The minimum atomic E-state index is -0.103. The fourth-order valence-corrected chi connectivity index (χ4v) is 2.36. The second kappa shape index (κ2) is 6.53. The highest BCUT2D eigenvalue weighted by Crippen LogP contribution is 2.22. The van der Waals surface area contributed by atoms with Gasteiger partial charge in [-0.15, -0.1) is 0 Å². The van der Waals surface area contributed by atoms with Crippen molar-refractivity contribution < 1.29 is 4.79 Å². The van der Waals surface area contributed by atoms with Crippen molar-refractivity contribution in [3.05, 3.63) is 28.2 Å². The van der Waals surface area contributed by atoms with E-state index in [4.69, 9.17) is 5.73 Å². The highest BCUT2D eigenvalue weighted by atomic mass is 79.9. The number of hydrogen-bond acceptors (Lipinski definition) is 2. The van der Waals surface area contributed by atoms with Crippen molar-refractivity contribution in [2.75, 3.05) is 5.32 Å². The van der Waals surface area contributed by atoms with E-state index in [-0.39, 0.29) is 17.4 Å². The molecule has 3 N–H and O–H groups in total. The topological polar surface area (TPSA) is 55.1 Å². The predicted octanol–water partition coefficient (Wildman–Crippen LogP) is 3.85. The van der Waals surface area contributed by atoms with Crippen molar-refractivity contribution in [2.45, 2.75) is 46.6 Å².